The number of sulfone groups is 1. The maximum Gasteiger partial charge on any atom is 0.249 e. The van der Waals surface area contributed by atoms with Crippen molar-refractivity contribution in [1.82, 2.24) is 14.8 Å². The zero-order valence-electron chi connectivity index (χ0n) is 11.4. The van der Waals surface area contributed by atoms with Crippen molar-refractivity contribution in [3.8, 4) is 11.4 Å². The van der Waals surface area contributed by atoms with Crippen LogP contribution >= 0.6 is 0 Å². The number of aryl methyl sites for hydroxylation is 1. The molecule has 2 rings (SSSR count). The van der Waals surface area contributed by atoms with Crippen molar-refractivity contribution in [2.24, 2.45) is 7.05 Å². The van der Waals surface area contributed by atoms with Crippen LogP contribution in [-0.4, -0.2) is 40.6 Å². The molecular formula is C13H17N3O3S. The highest BCUT2D eigenvalue weighted by Gasteiger charge is 2.23. The summed E-state index contributed by atoms with van der Waals surface area (Å²) in [4.78, 5) is 0. The molecule has 0 aliphatic heterocycles. The number of hydrogen-bond donors (Lipinski definition) is 1. The Kier molecular flexibility index (Phi) is 4.20. The molecule has 6 nitrogen and oxygen atoms in total. The minimum atomic E-state index is -3.52. The number of aliphatic hydroxyl groups is 1. The third-order valence-corrected chi connectivity index (χ3v) is 4.70. The first-order chi connectivity index (χ1) is 9.45. The van der Waals surface area contributed by atoms with Crippen molar-refractivity contribution >= 4 is 9.84 Å². The van der Waals surface area contributed by atoms with E-state index in [2.05, 4.69) is 10.2 Å². The quantitative estimate of drug-likeness (QED) is 0.887. The smallest absolute Gasteiger partial charge is 0.249 e. The van der Waals surface area contributed by atoms with Crippen molar-refractivity contribution in [1.29, 1.82) is 0 Å². The van der Waals surface area contributed by atoms with Gasteiger partial charge in [0, 0.05) is 19.2 Å². The molecular weight excluding hydrogens is 278 g/mol. The molecule has 0 radical (unpaired) electrons. The normalized spacial score (nSPS) is 11.8. The van der Waals surface area contributed by atoms with Crippen LogP contribution < -0.4 is 0 Å². The molecule has 0 atom stereocenters. The van der Waals surface area contributed by atoms with E-state index < -0.39 is 9.84 Å². The zero-order chi connectivity index (χ0) is 14.8. The summed E-state index contributed by atoms with van der Waals surface area (Å²) in [5.41, 5.74) is 1.89. The van der Waals surface area contributed by atoms with E-state index in [1.165, 1.54) is 4.57 Å². The molecule has 0 aliphatic carbocycles. The maximum atomic E-state index is 12.1. The summed E-state index contributed by atoms with van der Waals surface area (Å²) >= 11 is 0. The van der Waals surface area contributed by atoms with Crippen LogP contribution in [0.25, 0.3) is 11.4 Å². The molecule has 20 heavy (non-hydrogen) atoms. The Labute approximate surface area is 118 Å². The molecule has 1 N–H and O–H groups in total. The van der Waals surface area contributed by atoms with Gasteiger partial charge in [0.15, 0.2) is 5.82 Å². The third-order valence-electron chi connectivity index (χ3n) is 2.96. The Balaban J connectivity index is 2.42. The fourth-order valence-electron chi connectivity index (χ4n) is 1.97. The Morgan fingerprint density at radius 3 is 2.70 bits per heavy atom. The highest BCUT2D eigenvalue weighted by Crippen LogP contribution is 2.20. The Hall–Kier alpha value is -1.73. The highest BCUT2D eigenvalue weighted by atomic mass is 32.2. The number of aliphatic hydroxyl groups excluding tert-OH is 1. The zero-order valence-corrected chi connectivity index (χ0v) is 12.3. The molecule has 0 bridgehead atoms. The summed E-state index contributed by atoms with van der Waals surface area (Å²) < 4.78 is 25.7. The van der Waals surface area contributed by atoms with Crippen molar-refractivity contribution in [2.45, 2.75) is 18.5 Å². The number of hydrogen-bond acceptors (Lipinski definition) is 5. The van der Waals surface area contributed by atoms with Gasteiger partial charge < -0.3 is 9.67 Å². The maximum absolute atomic E-state index is 12.1. The predicted molar refractivity (Wildman–Crippen MR) is 74.9 cm³/mol. The molecule has 0 unspecified atom stereocenters. The largest absolute Gasteiger partial charge is 0.396 e. The molecule has 0 aliphatic rings. The molecule has 2 aromatic rings. The third kappa shape index (κ3) is 2.88. The van der Waals surface area contributed by atoms with Gasteiger partial charge in [-0.05, 0) is 19.4 Å². The van der Waals surface area contributed by atoms with Crippen molar-refractivity contribution in [3.05, 3.63) is 29.8 Å². The Bertz CT molecular complexity index is 707. The van der Waals surface area contributed by atoms with E-state index in [-0.39, 0.29) is 23.9 Å². The van der Waals surface area contributed by atoms with E-state index in [9.17, 15) is 8.42 Å². The van der Waals surface area contributed by atoms with Crippen molar-refractivity contribution in [3.63, 3.8) is 0 Å². The van der Waals surface area contributed by atoms with Gasteiger partial charge in [0.25, 0.3) is 0 Å². The molecule has 0 saturated heterocycles. The van der Waals surface area contributed by atoms with Gasteiger partial charge in [0.05, 0.1) is 5.75 Å². The number of benzene rings is 1. The molecule has 1 aromatic heterocycles. The summed E-state index contributed by atoms with van der Waals surface area (Å²) in [7, 11) is -1.89. The molecule has 0 amide bonds. The van der Waals surface area contributed by atoms with Crippen LogP contribution in [0.15, 0.2) is 29.4 Å². The number of aromatic nitrogens is 3. The van der Waals surface area contributed by atoms with Gasteiger partial charge >= 0.3 is 0 Å². The van der Waals surface area contributed by atoms with Crippen LogP contribution in [0, 0.1) is 6.92 Å². The highest BCUT2D eigenvalue weighted by molar-refractivity contribution is 7.91. The molecule has 1 aromatic carbocycles. The van der Waals surface area contributed by atoms with Crippen LogP contribution in [0.3, 0.4) is 0 Å². The van der Waals surface area contributed by atoms with Gasteiger partial charge in [-0.15, -0.1) is 10.2 Å². The average Bonchev–Trinajstić information content (AvgIpc) is 2.79. The second kappa shape index (κ2) is 5.72. The monoisotopic (exact) mass is 295 g/mol. The summed E-state index contributed by atoms with van der Waals surface area (Å²) in [5.74, 6) is 0.375. The molecule has 108 valence electrons. The number of rotatable bonds is 5. The van der Waals surface area contributed by atoms with Crippen LogP contribution in [0.2, 0.25) is 0 Å². The van der Waals surface area contributed by atoms with E-state index >= 15 is 0 Å². The summed E-state index contributed by atoms with van der Waals surface area (Å²) in [5, 5.41) is 16.4. The SMILES string of the molecule is Cc1cccc(-c2nnc(S(=O)(=O)CCCO)n2C)c1. The molecule has 0 saturated carbocycles. The van der Waals surface area contributed by atoms with E-state index in [1.54, 1.807) is 7.05 Å². The van der Waals surface area contributed by atoms with E-state index in [0.29, 0.717) is 5.82 Å². The minimum absolute atomic E-state index is 0.0672. The Morgan fingerprint density at radius 2 is 2.05 bits per heavy atom. The lowest BCUT2D eigenvalue weighted by molar-refractivity contribution is 0.295. The first-order valence-electron chi connectivity index (χ1n) is 6.26. The van der Waals surface area contributed by atoms with Gasteiger partial charge in [0.1, 0.15) is 0 Å². The standard InChI is InChI=1S/C13H17N3O3S/c1-10-5-3-6-11(9-10)12-14-15-13(16(12)2)20(18,19)8-4-7-17/h3,5-6,9,17H,4,7-8H2,1-2H3. The molecule has 0 fully saturated rings. The van der Waals surface area contributed by atoms with Crippen molar-refractivity contribution < 1.29 is 13.5 Å². The number of nitrogens with zero attached hydrogens (tertiary/aromatic N) is 3. The molecule has 1 heterocycles. The fraction of sp³-hybridized carbons (Fsp3) is 0.385. The van der Waals surface area contributed by atoms with Gasteiger partial charge in [-0.2, -0.15) is 0 Å². The predicted octanol–water partition coefficient (Wildman–Crippen LogP) is 0.947. The Morgan fingerprint density at radius 1 is 1.30 bits per heavy atom. The van der Waals surface area contributed by atoms with Crippen molar-refractivity contribution in [2.75, 3.05) is 12.4 Å². The van der Waals surface area contributed by atoms with Crippen LogP contribution in [0.1, 0.15) is 12.0 Å². The van der Waals surface area contributed by atoms with Gasteiger partial charge in [0.2, 0.25) is 15.0 Å². The van der Waals surface area contributed by atoms with E-state index in [1.807, 2.05) is 31.2 Å². The van der Waals surface area contributed by atoms with Gasteiger partial charge in [-0.25, -0.2) is 8.42 Å². The topological polar surface area (TPSA) is 85.1 Å². The fourth-order valence-corrected chi connectivity index (χ4v) is 3.33. The summed E-state index contributed by atoms with van der Waals surface area (Å²) in [6, 6.07) is 7.63. The molecule has 7 heteroatoms. The van der Waals surface area contributed by atoms with Gasteiger partial charge in [-0.3, -0.25) is 0 Å². The van der Waals surface area contributed by atoms with Gasteiger partial charge in [-0.1, -0.05) is 23.8 Å². The minimum Gasteiger partial charge on any atom is -0.396 e. The van der Waals surface area contributed by atoms with Crippen LogP contribution in [-0.2, 0) is 16.9 Å². The first kappa shape index (κ1) is 14.7. The van der Waals surface area contributed by atoms with E-state index in [0.717, 1.165) is 11.1 Å². The lowest BCUT2D eigenvalue weighted by Crippen LogP contribution is -2.13. The summed E-state index contributed by atoms with van der Waals surface area (Å²) in [6.07, 6.45) is 0.189. The lowest BCUT2D eigenvalue weighted by atomic mass is 10.1. The van der Waals surface area contributed by atoms with Crippen LogP contribution in [0.5, 0.6) is 0 Å². The summed E-state index contributed by atoms with van der Waals surface area (Å²) in [6.45, 7) is 1.79. The second-order valence-electron chi connectivity index (χ2n) is 4.63. The molecule has 0 spiro atoms. The van der Waals surface area contributed by atoms with E-state index in [4.69, 9.17) is 5.11 Å². The lowest BCUT2D eigenvalue weighted by Gasteiger charge is -2.05. The van der Waals surface area contributed by atoms with Crippen LogP contribution in [0.4, 0.5) is 0 Å². The second-order valence-corrected chi connectivity index (χ2v) is 6.63. The average molecular weight is 295 g/mol. The first-order valence-corrected chi connectivity index (χ1v) is 7.91.